The lowest BCUT2D eigenvalue weighted by molar-refractivity contribution is -0.355. The highest BCUT2D eigenvalue weighted by Gasteiger charge is 2.65. The predicted molar refractivity (Wildman–Crippen MR) is 33.1 cm³/mol. The number of ether oxygens (including phenoxy) is 1. The van der Waals surface area contributed by atoms with E-state index in [1.54, 1.807) is 4.74 Å². The normalized spacial score (nSPS) is 14.4. The summed E-state index contributed by atoms with van der Waals surface area (Å²) in [7, 11) is 0. The smallest absolute Gasteiger partial charge is 0.280 e. The molecule has 0 saturated heterocycles. The van der Waals surface area contributed by atoms with Crippen LogP contribution in [0.4, 0.5) is 43.9 Å². The van der Waals surface area contributed by atoms with Crippen molar-refractivity contribution in [2.24, 2.45) is 0 Å². The van der Waals surface area contributed by atoms with Gasteiger partial charge in [-0.3, -0.25) is 9.59 Å². The standard InChI is InChI=1S/C6F10O3/c7-3(8,9)1(17)5(13,14)19-6(15,16)2(18)4(10,11)12. The van der Waals surface area contributed by atoms with Crippen LogP contribution in [0.2, 0.25) is 0 Å². The summed E-state index contributed by atoms with van der Waals surface area (Å²) in [6, 6.07) is 0. The minimum Gasteiger partial charge on any atom is -0.280 e. The van der Waals surface area contributed by atoms with Gasteiger partial charge in [-0.2, -0.15) is 43.9 Å². The zero-order valence-corrected chi connectivity index (χ0v) is 8.00. The van der Waals surface area contributed by atoms with Gasteiger partial charge in [0.2, 0.25) is 0 Å². The quantitative estimate of drug-likeness (QED) is 0.749. The van der Waals surface area contributed by atoms with E-state index in [-0.39, 0.29) is 0 Å². The average molecular weight is 310 g/mol. The molecule has 0 aromatic rings. The molecular formula is C6F10O3. The summed E-state index contributed by atoms with van der Waals surface area (Å²) in [4.78, 5) is 19.8. The van der Waals surface area contributed by atoms with Gasteiger partial charge < -0.3 is 0 Å². The first-order valence-corrected chi connectivity index (χ1v) is 3.71. The van der Waals surface area contributed by atoms with Gasteiger partial charge in [-0.1, -0.05) is 0 Å². The SMILES string of the molecule is O=C(C(F)(F)F)C(F)(F)OC(F)(F)C(=O)C(F)(F)F. The Kier molecular flexibility index (Phi) is 4.27. The molecule has 19 heavy (non-hydrogen) atoms. The fraction of sp³-hybridized carbons (Fsp3) is 0.667. The monoisotopic (exact) mass is 310 g/mol. The molecule has 0 spiro atoms. The van der Waals surface area contributed by atoms with Crippen molar-refractivity contribution in [2.75, 3.05) is 0 Å². The second-order valence-corrected chi connectivity index (χ2v) is 2.79. The summed E-state index contributed by atoms with van der Waals surface area (Å²) in [5.41, 5.74) is 0. The highest BCUT2D eigenvalue weighted by molar-refractivity contribution is 5.92. The van der Waals surface area contributed by atoms with Gasteiger partial charge in [0.25, 0.3) is 0 Å². The Morgan fingerprint density at radius 2 is 0.789 bits per heavy atom. The molecule has 0 N–H and O–H groups in total. The number of hydrogen-bond donors (Lipinski definition) is 0. The molecule has 0 bridgehead atoms. The number of rotatable bonds is 4. The third-order valence-corrected chi connectivity index (χ3v) is 1.30. The molecule has 0 unspecified atom stereocenters. The molecule has 112 valence electrons. The first-order valence-electron chi connectivity index (χ1n) is 3.71. The maximum Gasteiger partial charge on any atom is 0.459 e. The Hall–Kier alpha value is -1.40. The highest BCUT2D eigenvalue weighted by atomic mass is 19.4. The highest BCUT2D eigenvalue weighted by Crippen LogP contribution is 2.37. The zero-order chi connectivity index (χ0) is 15.9. The van der Waals surface area contributed by atoms with Crippen LogP contribution in [0.1, 0.15) is 0 Å². The molecule has 0 saturated carbocycles. The van der Waals surface area contributed by atoms with E-state index in [0.29, 0.717) is 0 Å². The summed E-state index contributed by atoms with van der Waals surface area (Å²) in [5, 5.41) is 0. The zero-order valence-electron chi connectivity index (χ0n) is 8.00. The Balaban J connectivity index is 5.23. The molecule has 0 atom stereocenters. The largest absolute Gasteiger partial charge is 0.459 e. The maximum atomic E-state index is 12.3. The van der Waals surface area contributed by atoms with Gasteiger partial charge >= 0.3 is 36.1 Å². The summed E-state index contributed by atoms with van der Waals surface area (Å²) in [6.45, 7) is 0. The van der Waals surface area contributed by atoms with Crippen LogP contribution in [0.25, 0.3) is 0 Å². The van der Waals surface area contributed by atoms with Crippen molar-refractivity contribution in [3.05, 3.63) is 0 Å². The van der Waals surface area contributed by atoms with E-state index < -0.39 is 36.1 Å². The summed E-state index contributed by atoms with van der Waals surface area (Å²) >= 11 is 0. The van der Waals surface area contributed by atoms with Crippen molar-refractivity contribution in [1.82, 2.24) is 0 Å². The summed E-state index contributed by atoms with van der Waals surface area (Å²) < 4.78 is 120. The molecule has 0 radical (unpaired) electrons. The molecule has 0 aliphatic rings. The van der Waals surface area contributed by atoms with Crippen LogP contribution in [-0.4, -0.2) is 36.1 Å². The Bertz CT molecular complexity index is 342. The number of Topliss-reactive ketones (excluding diaryl/α,β-unsaturated/α-hetero) is 2. The molecule has 0 fully saturated rings. The molecule has 0 heterocycles. The molecule has 3 nitrogen and oxygen atoms in total. The molecule has 0 aromatic carbocycles. The second-order valence-electron chi connectivity index (χ2n) is 2.79. The van der Waals surface area contributed by atoms with Crippen molar-refractivity contribution < 1.29 is 58.2 Å². The molecule has 13 heteroatoms. The maximum absolute atomic E-state index is 12.3. The molecule has 0 amide bonds. The number of alkyl halides is 10. The first-order chi connectivity index (χ1) is 8.02. The van der Waals surface area contributed by atoms with Crippen LogP contribution in [0.3, 0.4) is 0 Å². The molecule has 0 aromatic heterocycles. The number of carbonyl (C=O) groups excluding carboxylic acids is 2. The fourth-order valence-electron chi connectivity index (χ4n) is 0.584. The molecule has 0 rings (SSSR count). The third kappa shape index (κ3) is 4.33. The van der Waals surface area contributed by atoms with Crippen molar-refractivity contribution in [3.8, 4) is 0 Å². The number of ketones is 2. The van der Waals surface area contributed by atoms with E-state index >= 15 is 0 Å². The third-order valence-electron chi connectivity index (χ3n) is 1.30. The van der Waals surface area contributed by atoms with Crippen molar-refractivity contribution in [1.29, 1.82) is 0 Å². The average Bonchev–Trinajstić information content (AvgIpc) is 2.10. The first kappa shape index (κ1) is 17.6. The Labute approximate surface area is 95.7 Å². The lowest BCUT2D eigenvalue weighted by atomic mass is 10.3. The van der Waals surface area contributed by atoms with Gasteiger partial charge in [-0.05, 0) is 0 Å². The van der Waals surface area contributed by atoms with Gasteiger partial charge in [-0.15, -0.1) is 0 Å². The molecule has 0 aliphatic carbocycles. The van der Waals surface area contributed by atoms with Crippen LogP contribution < -0.4 is 0 Å². The Morgan fingerprint density at radius 1 is 0.579 bits per heavy atom. The predicted octanol–water partition coefficient (Wildman–Crippen LogP) is 2.45. The van der Waals surface area contributed by atoms with Crippen molar-refractivity contribution >= 4 is 11.6 Å². The summed E-state index contributed by atoms with van der Waals surface area (Å²) in [6.07, 6.45) is -25.4. The van der Waals surface area contributed by atoms with Crippen molar-refractivity contribution in [2.45, 2.75) is 24.6 Å². The van der Waals surface area contributed by atoms with Crippen LogP contribution in [0.5, 0.6) is 0 Å². The van der Waals surface area contributed by atoms with E-state index in [2.05, 4.69) is 0 Å². The molecular weight excluding hydrogens is 310 g/mol. The van der Waals surface area contributed by atoms with Gasteiger partial charge in [0.05, 0.1) is 0 Å². The van der Waals surface area contributed by atoms with Gasteiger partial charge in [0.15, 0.2) is 0 Å². The lowest BCUT2D eigenvalue weighted by Gasteiger charge is -2.22. The lowest BCUT2D eigenvalue weighted by Crippen LogP contribution is -2.51. The van der Waals surface area contributed by atoms with Crippen molar-refractivity contribution in [3.63, 3.8) is 0 Å². The van der Waals surface area contributed by atoms with Crippen LogP contribution in [0.15, 0.2) is 0 Å². The van der Waals surface area contributed by atoms with E-state index in [0.717, 1.165) is 0 Å². The second kappa shape index (κ2) is 4.61. The van der Waals surface area contributed by atoms with Gasteiger partial charge in [0, 0.05) is 0 Å². The van der Waals surface area contributed by atoms with Crippen LogP contribution >= 0.6 is 0 Å². The number of halogens is 10. The fourth-order valence-corrected chi connectivity index (χ4v) is 0.584. The van der Waals surface area contributed by atoms with E-state index in [4.69, 9.17) is 0 Å². The van der Waals surface area contributed by atoms with E-state index in [1.807, 2.05) is 0 Å². The van der Waals surface area contributed by atoms with Gasteiger partial charge in [0.1, 0.15) is 0 Å². The van der Waals surface area contributed by atoms with E-state index in [1.165, 1.54) is 0 Å². The minimum absolute atomic E-state index is 1.80. The summed E-state index contributed by atoms with van der Waals surface area (Å²) in [5.74, 6) is -8.37. The molecule has 0 aliphatic heterocycles. The number of carbonyl (C=O) groups is 2. The van der Waals surface area contributed by atoms with Crippen LogP contribution in [-0.2, 0) is 14.3 Å². The van der Waals surface area contributed by atoms with Gasteiger partial charge in [-0.25, -0.2) is 4.74 Å². The Morgan fingerprint density at radius 3 is 0.947 bits per heavy atom. The number of hydrogen-bond acceptors (Lipinski definition) is 3. The van der Waals surface area contributed by atoms with E-state index in [9.17, 15) is 53.5 Å². The minimum atomic E-state index is -6.36. The van der Waals surface area contributed by atoms with Crippen LogP contribution in [0, 0.1) is 0 Å². The topological polar surface area (TPSA) is 43.4 Å².